The first kappa shape index (κ1) is 14.3. The number of carbonyl (C=O) groups excluding carboxylic acids is 2. The van der Waals surface area contributed by atoms with Crippen LogP contribution in [0.1, 0.15) is 19.8 Å². The van der Waals surface area contributed by atoms with Crippen molar-refractivity contribution in [2.45, 2.75) is 19.8 Å². The second kappa shape index (κ2) is 6.83. The van der Waals surface area contributed by atoms with Crippen LogP contribution in [0.2, 0.25) is 0 Å². The molecule has 0 bridgehead atoms. The van der Waals surface area contributed by atoms with Crippen LogP contribution in [0.4, 0.5) is 4.79 Å². The molecule has 1 heterocycles. The molecule has 0 aromatic carbocycles. The van der Waals surface area contributed by atoms with Crippen molar-refractivity contribution in [1.82, 2.24) is 10.2 Å². The third-order valence-electron chi connectivity index (χ3n) is 2.62. The molecule has 0 aromatic heterocycles. The predicted molar refractivity (Wildman–Crippen MR) is 62.0 cm³/mol. The number of rotatable bonds is 6. The molecule has 2 N–H and O–H groups in total. The number of carboxylic acid groups (broad SMARTS) is 1. The van der Waals surface area contributed by atoms with Crippen molar-refractivity contribution in [3.05, 3.63) is 0 Å². The number of carboxylic acids is 1. The van der Waals surface area contributed by atoms with Crippen LogP contribution in [0.3, 0.4) is 0 Å². The second-order valence-electron chi connectivity index (χ2n) is 4.16. The second-order valence-corrected chi connectivity index (χ2v) is 4.16. The van der Waals surface area contributed by atoms with Gasteiger partial charge in [0, 0.05) is 25.6 Å². The summed E-state index contributed by atoms with van der Waals surface area (Å²) < 4.78 is 4.72. The van der Waals surface area contributed by atoms with Crippen molar-refractivity contribution >= 4 is 18.0 Å². The first-order valence-corrected chi connectivity index (χ1v) is 5.93. The highest BCUT2D eigenvalue weighted by Gasteiger charge is 2.31. The number of urea groups is 1. The van der Waals surface area contributed by atoms with Gasteiger partial charge in [-0.2, -0.15) is 0 Å². The Morgan fingerprint density at radius 3 is 2.61 bits per heavy atom. The fourth-order valence-corrected chi connectivity index (χ4v) is 1.73. The Morgan fingerprint density at radius 1 is 1.39 bits per heavy atom. The van der Waals surface area contributed by atoms with Gasteiger partial charge >= 0.3 is 18.0 Å². The number of ether oxygens (including phenoxy) is 1. The minimum Gasteiger partial charge on any atom is -0.481 e. The Bertz CT molecular complexity index is 325. The van der Waals surface area contributed by atoms with E-state index in [0.717, 1.165) is 0 Å². The number of nitrogens with one attached hydrogen (secondary N) is 1. The van der Waals surface area contributed by atoms with E-state index in [2.05, 4.69) is 5.32 Å². The smallest absolute Gasteiger partial charge is 0.317 e. The molecule has 0 spiro atoms. The molecule has 0 atom stereocenters. The first-order valence-electron chi connectivity index (χ1n) is 5.93. The van der Waals surface area contributed by atoms with Gasteiger partial charge in [-0.15, -0.1) is 0 Å². The molecule has 1 aliphatic heterocycles. The summed E-state index contributed by atoms with van der Waals surface area (Å²) in [4.78, 5) is 34.5. The molecule has 1 rings (SSSR count). The molecule has 1 fully saturated rings. The van der Waals surface area contributed by atoms with Gasteiger partial charge in [-0.25, -0.2) is 4.79 Å². The summed E-state index contributed by atoms with van der Waals surface area (Å²) in [5.41, 5.74) is 0. The van der Waals surface area contributed by atoms with Gasteiger partial charge in [-0.05, 0) is 6.92 Å². The van der Waals surface area contributed by atoms with Crippen LogP contribution in [0, 0.1) is 5.92 Å². The molecule has 7 nitrogen and oxygen atoms in total. The van der Waals surface area contributed by atoms with E-state index in [4.69, 9.17) is 9.84 Å². The van der Waals surface area contributed by atoms with Gasteiger partial charge in [0.05, 0.1) is 19.4 Å². The Hall–Kier alpha value is -1.79. The summed E-state index contributed by atoms with van der Waals surface area (Å²) in [7, 11) is 0. The lowest BCUT2D eigenvalue weighted by molar-refractivity contribution is -0.143. The van der Waals surface area contributed by atoms with Crippen molar-refractivity contribution in [1.29, 1.82) is 0 Å². The zero-order chi connectivity index (χ0) is 13.5. The van der Waals surface area contributed by atoms with Crippen LogP contribution in [0.15, 0.2) is 0 Å². The lowest BCUT2D eigenvalue weighted by Crippen LogP contribution is -2.54. The molecule has 102 valence electrons. The Balaban J connectivity index is 2.09. The molecule has 1 saturated heterocycles. The van der Waals surface area contributed by atoms with Gasteiger partial charge in [-0.1, -0.05) is 0 Å². The molecule has 0 aromatic rings. The Labute approximate surface area is 105 Å². The topological polar surface area (TPSA) is 95.9 Å². The van der Waals surface area contributed by atoms with E-state index in [1.807, 2.05) is 0 Å². The minimum atomic E-state index is -0.845. The summed E-state index contributed by atoms with van der Waals surface area (Å²) in [6.45, 7) is 3.20. The number of carbonyl (C=O) groups is 3. The maximum atomic E-state index is 11.5. The van der Waals surface area contributed by atoms with Crippen molar-refractivity contribution in [3.63, 3.8) is 0 Å². The first-order chi connectivity index (χ1) is 8.52. The van der Waals surface area contributed by atoms with E-state index in [0.29, 0.717) is 19.7 Å². The summed E-state index contributed by atoms with van der Waals surface area (Å²) in [6, 6.07) is -0.263. The highest BCUT2D eigenvalue weighted by molar-refractivity contribution is 5.76. The van der Waals surface area contributed by atoms with E-state index in [1.165, 1.54) is 4.90 Å². The summed E-state index contributed by atoms with van der Waals surface area (Å²) in [6.07, 6.45) is 0.235. The number of esters is 1. The highest BCUT2D eigenvalue weighted by Crippen LogP contribution is 2.18. The van der Waals surface area contributed by atoms with E-state index in [-0.39, 0.29) is 37.3 Å². The van der Waals surface area contributed by atoms with Crippen LogP contribution >= 0.6 is 0 Å². The monoisotopic (exact) mass is 258 g/mol. The quantitative estimate of drug-likeness (QED) is 0.656. The van der Waals surface area contributed by atoms with Crippen molar-refractivity contribution in [3.8, 4) is 0 Å². The number of amides is 2. The van der Waals surface area contributed by atoms with Crippen LogP contribution in [-0.2, 0) is 14.3 Å². The van der Waals surface area contributed by atoms with Gasteiger partial charge < -0.3 is 20.1 Å². The summed E-state index contributed by atoms with van der Waals surface area (Å²) in [5.74, 6) is -1.15. The normalized spacial score (nSPS) is 14.8. The molecule has 0 aliphatic carbocycles. The standard InChI is InChI=1S/C11H18N2O5/c1-2-18-10(16)3-4-12-11(17)13-6-8(7-13)5-9(14)15/h8H,2-7H2,1H3,(H,12,17)(H,14,15). The molecule has 0 unspecified atom stereocenters. The van der Waals surface area contributed by atoms with Crippen LogP contribution in [0.5, 0.6) is 0 Å². The van der Waals surface area contributed by atoms with E-state index >= 15 is 0 Å². The SMILES string of the molecule is CCOC(=O)CCNC(=O)N1CC(CC(=O)O)C1. The molecule has 1 aliphatic rings. The summed E-state index contributed by atoms with van der Waals surface area (Å²) in [5, 5.41) is 11.1. The number of hydrogen-bond acceptors (Lipinski definition) is 4. The molecular weight excluding hydrogens is 240 g/mol. The van der Waals surface area contributed by atoms with E-state index in [9.17, 15) is 14.4 Å². The third-order valence-corrected chi connectivity index (χ3v) is 2.62. The van der Waals surface area contributed by atoms with Crippen LogP contribution in [0.25, 0.3) is 0 Å². The van der Waals surface area contributed by atoms with Crippen molar-refractivity contribution in [2.24, 2.45) is 5.92 Å². The highest BCUT2D eigenvalue weighted by atomic mass is 16.5. The fourth-order valence-electron chi connectivity index (χ4n) is 1.73. The zero-order valence-corrected chi connectivity index (χ0v) is 10.3. The number of nitrogens with zero attached hydrogens (tertiary/aromatic N) is 1. The van der Waals surface area contributed by atoms with Crippen molar-refractivity contribution < 1.29 is 24.2 Å². The molecular formula is C11H18N2O5. The molecule has 7 heteroatoms. The number of likely N-dealkylation sites (tertiary alicyclic amines) is 1. The maximum absolute atomic E-state index is 11.5. The number of aliphatic carboxylic acids is 1. The zero-order valence-electron chi connectivity index (χ0n) is 10.3. The fraction of sp³-hybridized carbons (Fsp3) is 0.727. The van der Waals surface area contributed by atoms with Gasteiger partial charge in [-0.3, -0.25) is 9.59 Å². The van der Waals surface area contributed by atoms with Gasteiger partial charge in [0.1, 0.15) is 0 Å². The molecule has 0 saturated carbocycles. The average Bonchev–Trinajstić information content (AvgIpc) is 2.22. The minimum absolute atomic E-state index is 0.0401. The summed E-state index contributed by atoms with van der Waals surface area (Å²) >= 11 is 0. The Kier molecular flexibility index (Phi) is 5.41. The molecule has 18 heavy (non-hydrogen) atoms. The van der Waals surface area contributed by atoms with Gasteiger partial charge in [0.15, 0.2) is 0 Å². The van der Waals surface area contributed by atoms with E-state index in [1.54, 1.807) is 6.92 Å². The van der Waals surface area contributed by atoms with E-state index < -0.39 is 5.97 Å². The molecule has 2 amide bonds. The number of hydrogen-bond donors (Lipinski definition) is 2. The van der Waals surface area contributed by atoms with Crippen LogP contribution in [-0.4, -0.2) is 54.2 Å². The largest absolute Gasteiger partial charge is 0.481 e. The third kappa shape index (κ3) is 4.60. The average molecular weight is 258 g/mol. The lowest BCUT2D eigenvalue weighted by atomic mass is 9.97. The van der Waals surface area contributed by atoms with Crippen molar-refractivity contribution in [2.75, 3.05) is 26.2 Å². The lowest BCUT2D eigenvalue weighted by Gasteiger charge is -2.38. The van der Waals surface area contributed by atoms with Gasteiger partial charge in [0.25, 0.3) is 0 Å². The predicted octanol–water partition coefficient (Wildman–Crippen LogP) is 0.0557. The molecule has 0 radical (unpaired) electrons. The van der Waals surface area contributed by atoms with Gasteiger partial charge in [0.2, 0.25) is 0 Å². The van der Waals surface area contributed by atoms with Crippen LogP contribution < -0.4 is 5.32 Å². The maximum Gasteiger partial charge on any atom is 0.317 e. The Morgan fingerprint density at radius 2 is 2.06 bits per heavy atom.